The third kappa shape index (κ3) is 3.64. The van der Waals surface area contributed by atoms with Crippen LogP contribution >= 0.6 is 11.3 Å². The van der Waals surface area contributed by atoms with Crippen molar-refractivity contribution >= 4 is 17.1 Å². The highest BCUT2D eigenvalue weighted by atomic mass is 32.1. The van der Waals surface area contributed by atoms with E-state index in [1.54, 1.807) is 11.3 Å². The Bertz CT molecular complexity index is 546. The number of ketones is 1. The highest BCUT2D eigenvalue weighted by molar-refractivity contribution is 7.09. The van der Waals surface area contributed by atoms with Crippen LogP contribution in [0.3, 0.4) is 0 Å². The maximum atomic E-state index is 12.3. The molecule has 0 N–H and O–H groups in total. The molecular formula is C13H10F3NOS. The summed E-state index contributed by atoms with van der Waals surface area (Å²) < 4.78 is 37.0. The number of carbonyl (C=O) groups is 1. The fourth-order valence-electron chi connectivity index (χ4n) is 1.55. The number of hydrogen-bond acceptors (Lipinski definition) is 3. The molecule has 2 heterocycles. The number of rotatable bonds is 4. The lowest BCUT2D eigenvalue weighted by Gasteiger charge is -2.06. The van der Waals surface area contributed by atoms with Crippen LogP contribution in [0, 0.1) is 0 Å². The van der Waals surface area contributed by atoms with Crippen LogP contribution < -0.4 is 0 Å². The minimum atomic E-state index is -4.43. The van der Waals surface area contributed by atoms with E-state index in [0.29, 0.717) is 12.6 Å². The van der Waals surface area contributed by atoms with Gasteiger partial charge in [0, 0.05) is 17.5 Å². The number of halogens is 3. The average molecular weight is 285 g/mol. The standard InChI is InChI=1S/C13H10F3NOS/c14-13(15,16)9-3-5-11(17-8-9)12(18)6-4-10-2-1-7-19-10/h1-3,5,7-8H,4,6H2. The molecule has 0 aliphatic carbocycles. The van der Waals surface area contributed by atoms with Gasteiger partial charge in [0.05, 0.1) is 5.56 Å². The van der Waals surface area contributed by atoms with E-state index in [2.05, 4.69) is 4.98 Å². The molecule has 0 atom stereocenters. The van der Waals surface area contributed by atoms with Gasteiger partial charge in [-0.25, -0.2) is 0 Å². The van der Waals surface area contributed by atoms with Gasteiger partial charge in [-0.3, -0.25) is 9.78 Å². The van der Waals surface area contributed by atoms with Crippen molar-refractivity contribution in [2.75, 3.05) is 0 Å². The average Bonchev–Trinajstić information content (AvgIpc) is 2.88. The predicted octanol–water partition coefficient (Wildman–Crippen LogP) is 3.98. The fraction of sp³-hybridized carbons (Fsp3) is 0.231. The molecular weight excluding hydrogens is 275 g/mol. The molecule has 0 spiro atoms. The van der Waals surface area contributed by atoms with Crippen molar-refractivity contribution in [1.29, 1.82) is 0 Å². The SMILES string of the molecule is O=C(CCc1cccs1)c1ccc(C(F)(F)F)cn1. The van der Waals surface area contributed by atoms with E-state index < -0.39 is 11.7 Å². The Kier molecular flexibility index (Phi) is 3.99. The fourth-order valence-corrected chi connectivity index (χ4v) is 2.26. The largest absolute Gasteiger partial charge is 0.417 e. The highest BCUT2D eigenvalue weighted by Gasteiger charge is 2.30. The summed E-state index contributed by atoms with van der Waals surface area (Å²) in [7, 11) is 0. The molecule has 0 saturated carbocycles. The summed E-state index contributed by atoms with van der Waals surface area (Å²) in [6.45, 7) is 0. The van der Waals surface area contributed by atoms with Crippen molar-refractivity contribution in [2.45, 2.75) is 19.0 Å². The minimum Gasteiger partial charge on any atom is -0.292 e. The van der Waals surface area contributed by atoms with Crippen LogP contribution in [0.1, 0.15) is 27.3 Å². The van der Waals surface area contributed by atoms with Crippen molar-refractivity contribution in [3.05, 3.63) is 52.0 Å². The number of thiophene rings is 1. The van der Waals surface area contributed by atoms with Gasteiger partial charge in [0.2, 0.25) is 0 Å². The van der Waals surface area contributed by atoms with Gasteiger partial charge < -0.3 is 0 Å². The van der Waals surface area contributed by atoms with Crippen LogP contribution in [0.15, 0.2) is 35.8 Å². The molecule has 0 amide bonds. The molecule has 0 bridgehead atoms. The van der Waals surface area contributed by atoms with Crippen molar-refractivity contribution in [1.82, 2.24) is 4.98 Å². The van der Waals surface area contributed by atoms with E-state index >= 15 is 0 Å². The molecule has 6 heteroatoms. The van der Waals surface area contributed by atoms with E-state index in [4.69, 9.17) is 0 Å². The third-order valence-corrected chi connectivity index (χ3v) is 3.49. The number of hydrogen-bond donors (Lipinski definition) is 0. The quantitative estimate of drug-likeness (QED) is 0.795. The molecule has 0 radical (unpaired) electrons. The Balaban J connectivity index is 2.00. The van der Waals surface area contributed by atoms with Crippen LogP contribution in [0.25, 0.3) is 0 Å². The second-order valence-electron chi connectivity index (χ2n) is 3.93. The maximum Gasteiger partial charge on any atom is 0.417 e. The zero-order valence-corrected chi connectivity index (χ0v) is 10.6. The third-order valence-electron chi connectivity index (χ3n) is 2.56. The molecule has 2 aromatic rings. The predicted molar refractivity (Wildman–Crippen MR) is 66.2 cm³/mol. The van der Waals surface area contributed by atoms with E-state index in [9.17, 15) is 18.0 Å². The van der Waals surface area contributed by atoms with Gasteiger partial charge in [-0.2, -0.15) is 13.2 Å². The summed E-state index contributed by atoms with van der Waals surface area (Å²) >= 11 is 1.54. The number of Topliss-reactive ketones (excluding diaryl/α,β-unsaturated/α-hetero) is 1. The molecule has 0 aliphatic heterocycles. The normalized spacial score (nSPS) is 11.5. The first-order valence-corrected chi connectivity index (χ1v) is 6.43. The Hall–Kier alpha value is -1.69. The molecule has 19 heavy (non-hydrogen) atoms. The highest BCUT2D eigenvalue weighted by Crippen LogP contribution is 2.28. The minimum absolute atomic E-state index is 0.0737. The van der Waals surface area contributed by atoms with Gasteiger partial charge in [-0.1, -0.05) is 6.07 Å². The molecule has 2 aromatic heterocycles. The van der Waals surface area contributed by atoms with Crippen LogP contribution in [0.2, 0.25) is 0 Å². The van der Waals surface area contributed by atoms with Crippen LogP contribution in [-0.2, 0) is 12.6 Å². The van der Waals surface area contributed by atoms with Crippen LogP contribution in [-0.4, -0.2) is 10.8 Å². The summed E-state index contributed by atoms with van der Waals surface area (Å²) in [5.74, 6) is -0.248. The number of alkyl halides is 3. The maximum absolute atomic E-state index is 12.3. The zero-order valence-electron chi connectivity index (χ0n) is 9.78. The number of carbonyl (C=O) groups excluding carboxylic acids is 1. The summed E-state index contributed by atoms with van der Waals surface area (Å²) in [5.41, 5.74) is -0.771. The molecule has 2 rings (SSSR count). The van der Waals surface area contributed by atoms with Gasteiger partial charge >= 0.3 is 6.18 Å². The Morgan fingerprint density at radius 2 is 2.05 bits per heavy atom. The second kappa shape index (κ2) is 5.52. The molecule has 0 unspecified atom stereocenters. The van der Waals surface area contributed by atoms with Crippen molar-refractivity contribution in [2.24, 2.45) is 0 Å². The van der Waals surface area contributed by atoms with Gasteiger partial charge in [0.15, 0.2) is 5.78 Å². The molecule has 0 aromatic carbocycles. The Morgan fingerprint density at radius 3 is 2.58 bits per heavy atom. The summed E-state index contributed by atoms with van der Waals surface area (Å²) in [4.78, 5) is 16.4. The first-order chi connectivity index (χ1) is 8.97. The first-order valence-electron chi connectivity index (χ1n) is 5.55. The van der Waals surface area contributed by atoms with Gasteiger partial charge in [0.1, 0.15) is 5.69 Å². The molecule has 0 saturated heterocycles. The number of aryl methyl sites for hydroxylation is 1. The lowest BCUT2D eigenvalue weighted by Crippen LogP contribution is -2.08. The molecule has 0 aliphatic rings. The van der Waals surface area contributed by atoms with Gasteiger partial charge in [0.25, 0.3) is 0 Å². The second-order valence-corrected chi connectivity index (χ2v) is 4.96. The van der Waals surface area contributed by atoms with Crippen molar-refractivity contribution in [3.63, 3.8) is 0 Å². The van der Waals surface area contributed by atoms with E-state index in [1.807, 2.05) is 17.5 Å². The Labute approximate surface area is 111 Å². The molecule has 0 fully saturated rings. The monoisotopic (exact) mass is 285 g/mol. The lowest BCUT2D eigenvalue weighted by atomic mass is 10.1. The van der Waals surface area contributed by atoms with E-state index in [0.717, 1.165) is 17.0 Å². The molecule has 2 nitrogen and oxygen atoms in total. The smallest absolute Gasteiger partial charge is 0.292 e. The summed E-state index contributed by atoms with van der Waals surface area (Å²) in [6, 6.07) is 5.81. The summed E-state index contributed by atoms with van der Waals surface area (Å²) in [6.07, 6.45) is -2.90. The van der Waals surface area contributed by atoms with Gasteiger partial charge in [-0.15, -0.1) is 11.3 Å². The van der Waals surface area contributed by atoms with Crippen molar-refractivity contribution in [3.8, 4) is 0 Å². The van der Waals surface area contributed by atoms with Crippen LogP contribution in [0.5, 0.6) is 0 Å². The zero-order chi connectivity index (χ0) is 13.9. The van der Waals surface area contributed by atoms with Crippen LogP contribution in [0.4, 0.5) is 13.2 Å². The Morgan fingerprint density at radius 1 is 1.26 bits per heavy atom. The molecule has 100 valence electrons. The topological polar surface area (TPSA) is 30.0 Å². The van der Waals surface area contributed by atoms with E-state index in [-0.39, 0.29) is 17.9 Å². The first kappa shape index (κ1) is 13.7. The summed E-state index contributed by atoms with van der Waals surface area (Å²) in [5, 5.41) is 1.91. The van der Waals surface area contributed by atoms with Gasteiger partial charge in [-0.05, 0) is 30.0 Å². The number of nitrogens with zero attached hydrogens (tertiary/aromatic N) is 1. The van der Waals surface area contributed by atoms with E-state index in [1.165, 1.54) is 0 Å². The number of pyridine rings is 1. The number of aromatic nitrogens is 1. The van der Waals surface area contributed by atoms with Crippen molar-refractivity contribution < 1.29 is 18.0 Å². The lowest BCUT2D eigenvalue weighted by molar-refractivity contribution is -0.137.